The van der Waals surface area contributed by atoms with Gasteiger partial charge in [-0.05, 0) is 56.1 Å². The molecule has 1 aliphatic rings. The minimum Gasteiger partial charge on any atom is -0.356 e. The molecule has 1 aromatic rings. The first-order valence-electron chi connectivity index (χ1n) is 10.3. The summed E-state index contributed by atoms with van der Waals surface area (Å²) in [5.74, 6) is 0.917. The Morgan fingerprint density at radius 3 is 2.52 bits per heavy atom. The lowest BCUT2D eigenvalue weighted by atomic mass is 9.93. The van der Waals surface area contributed by atoms with Gasteiger partial charge in [-0.25, -0.2) is 4.99 Å². The molecule has 0 unspecified atom stereocenters. The molecule has 1 saturated heterocycles. The molecule has 0 aliphatic carbocycles. The maximum absolute atomic E-state index is 12.5. The van der Waals surface area contributed by atoms with Crippen LogP contribution in [0.15, 0.2) is 22.5 Å². The van der Waals surface area contributed by atoms with Crippen molar-refractivity contribution >= 4 is 47.2 Å². The number of rotatable bonds is 9. The van der Waals surface area contributed by atoms with Crippen LogP contribution in [-0.4, -0.2) is 81.2 Å². The molecule has 1 aliphatic heterocycles. The Labute approximate surface area is 203 Å². The highest BCUT2D eigenvalue weighted by atomic mass is 127. The Bertz CT molecular complexity index is 662. The fourth-order valence-corrected chi connectivity index (χ4v) is 4.01. The second-order valence-electron chi connectivity index (χ2n) is 7.76. The Kier molecular flexibility index (Phi) is 12.8. The van der Waals surface area contributed by atoms with Gasteiger partial charge in [0.2, 0.25) is 5.91 Å². The van der Waals surface area contributed by atoms with Gasteiger partial charge < -0.3 is 15.5 Å². The zero-order valence-electron chi connectivity index (χ0n) is 18.1. The summed E-state index contributed by atoms with van der Waals surface area (Å²) in [6, 6.07) is 4.10. The normalized spacial score (nSPS) is 16.0. The predicted molar refractivity (Wildman–Crippen MR) is 130 cm³/mol. The maximum atomic E-state index is 12.5. The first-order valence-corrected chi connectivity index (χ1v) is 11.1. The lowest BCUT2D eigenvalue weighted by Crippen LogP contribution is -2.42. The van der Waals surface area contributed by atoms with Crippen molar-refractivity contribution in [3.05, 3.63) is 22.4 Å². The van der Waals surface area contributed by atoms with Gasteiger partial charge in [0.05, 0.1) is 6.54 Å². The third-order valence-electron chi connectivity index (χ3n) is 5.07. The highest BCUT2D eigenvalue weighted by Gasteiger charge is 2.32. The van der Waals surface area contributed by atoms with E-state index in [4.69, 9.17) is 0 Å². The SMILES string of the molecule is CN(C)C(=O)CN=C(NCCc1cccs1)NCCC1CCN(CC(F)(F)F)CC1.I. The summed E-state index contributed by atoms with van der Waals surface area (Å²) >= 11 is 1.70. The van der Waals surface area contributed by atoms with Crippen LogP contribution in [-0.2, 0) is 11.2 Å². The standard InChI is InChI=1S/C20H32F3N5OS.HI/c1-27(2)18(29)14-26-19(25-10-6-17-4-3-13-30-17)24-9-5-16-7-11-28(12-8-16)15-20(21,22)23;/h3-4,13,16H,5-12,14-15H2,1-2H3,(H2,24,25,26);1H. The number of amides is 1. The van der Waals surface area contributed by atoms with Gasteiger partial charge in [0.1, 0.15) is 6.54 Å². The molecule has 2 N–H and O–H groups in total. The quantitative estimate of drug-likeness (QED) is 0.270. The minimum absolute atomic E-state index is 0. The average molecular weight is 575 g/mol. The van der Waals surface area contributed by atoms with Crippen molar-refractivity contribution in [1.29, 1.82) is 0 Å². The van der Waals surface area contributed by atoms with Gasteiger partial charge in [0.15, 0.2) is 5.96 Å². The number of carbonyl (C=O) groups excluding carboxylic acids is 1. The zero-order chi connectivity index (χ0) is 22.0. The molecule has 11 heteroatoms. The number of piperidine rings is 1. The van der Waals surface area contributed by atoms with Gasteiger partial charge in [-0.15, -0.1) is 35.3 Å². The van der Waals surface area contributed by atoms with Crippen LogP contribution in [0.4, 0.5) is 13.2 Å². The topological polar surface area (TPSA) is 60.0 Å². The number of hydrogen-bond donors (Lipinski definition) is 2. The maximum Gasteiger partial charge on any atom is 0.401 e. The largest absolute Gasteiger partial charge is 0.401 e. The minimum atomic E-state index is -4.13. The second kappa shape index (κ2) is 14.1. The van der Waals surface area contributed by atoms with E-state index in [9.17, 15) is 18.0 Å². The molecule has 0 radical (unpaired) electrons. The molecule has 1 amide bonds. The Balaban J connectivity index is 0.00000480. The summed E-state index contributed by atoms with van der Waals surface area (Å²) in [7, 11) is 3.39. The molecular weight excluding hydrogens is 542 g/mol. The van der Waals surface area contributed by atoms with E-state index in [1.54, 1.807) is 25.4 Å². The lowest BCUT2D eigenvalue weighted by molar-refractivity contribution is -0.148. The van der Waals surface area contributed by atoms with E-state index in [0.717, 1.165) is 25.7 Å². The van der Waals surface area contributed by atoms with E-state index in [1.807, 2.05) is 11.4 Å². The number of carbonyl (C=O) groups is 1. The molecule has 0 saturated carbocycles. The number of aliphatic imine (C=N–C) groups is 1. The smallest absolute Gasteiger partial charge is 0.356 e. The van der Waals surface area contributed by atoms with E-state index in [0.29, 0.717) is 38.1 Å². The van der Waals surface area contributed by atoms with E-state index in [1.165, 1.54) is 14.7 Å². The predicted octanol–water partition coefficient (Wildman–Crippen LogP) is 3.20. The van der Waals surface area contributed by atoms with Gasteiger partial charge in [-0.1, -0.05) is 6.07 Å². The van der Waals surface area contributed by atoms with Crippen LogP contribution in [0.2, 0.25) is 0 Å². The number of likely N-dealkylation sites (tertiary alicyclic amines) is 1. The van der Waals surface area contributed by atoms with Crippen LogP contribution < -0.4 is 10.6 Å². The summed E-state index contributed by atoms with van der Waals surface area (Å²) in [5.41, 5.74) is 0. The van der Waals surface area contributed by atoms with Crippen LogP contribution in [0.3, 0.4) is 0 Å². The first kappa shape index (κ1) is 28.0. The summed E-state index contributed by atoms with van der Waals surface area (Å²) in [6.07, 6.45) is -0.840. The third kappa shape index (κ3) is 11.9. The monoisotopic (exact) mass is 575 g/mol. The number of alkyl halides is 3. The van der Waals surface area contributed by atoms with Crippen molar-refractivity contribution in [2.75, 3.05) is 53.4 Å². The molecule has 2 rings (SSSR count). The number of guanidine groups is 1. The fourth-order valence-electron chi connectivity index (χ4n) is 3.30. The van der Waals surface area contributed by atoms with Crippen LogP contribution in [0.25, 0.3) is 0 Å². The second-order valence-corrected chi connectivity index (χ2v) is 8.79. The molecule has 1 fully saturated rings. The fraction of sp³-hybridized carbons (Fsp3) is 0.700. The van der Waals surface area contributed by atoms with E-state index in [2.05, 4.69) is 21.7 Å². The Morgan fingerprint density at radius 1 is 1.26 bits per heavy atom. The number of nitrogens with zero attached hydrogens (tertiary/aromatic N) is 3. The Hall–Kier alpha value is -1.08. The number of nitrogens with one attached hydrogen (secondary N) is 2. The van der Waals surface area contributed by atoms with E-state index in [-0.39, 0.29) is 36.4 Å². The first-order chi connectivity index (χ1) is 14.2. The van der Waals surface area contributed by atoms with E-state index < -0.39 is 12.7 Å². The summed E-state index contributed by atoms with van der Waals surface area (Å²) in [5, 5.41) is 8.57. The molecule has 0 atom stereocenters. The van der Waals surface area contributed by atoms with Crippen molar-refractivity contribution in [3.63, 3.8) is 0 Å². The Morgan fingerprint density at radius 2 is 1.94 bits per heavy atom. The van der Waals surface area contributed by atoms with Gasteiger partial charge in [0, 0.05) is 32.1 Å². The van der Waals surface area contributed by atoms with Crippen LogP contribution in [0.1, 0.15) is 24.1 Å². The average Bonchev–Trinajstić information content (AvgIpc) is 3.19. The molecule has 0 bridgehead atoms. The van der Waals surface area contributed by atoms with Gasteiger partial charge in [-0.2, -0.15) is 13.2 Å². The third-order valence-corrected chi connectivity index (χ3v) is 6.01. The van der Waals surface area contributed by atoms with Gasteiger partial charge in [0.25, 0.3) is 0 Å². The summed E-state index contributed by atoms with van der Waals surface area (Å²) in [6.45, 7) is 1.60. The summed E-state index contributed by atoms with van der Waals surface area (Å²) < 4.78 is 37.5. The molecule has 31 heavy (non-hydrogen) atoms. The van der Waals surface area contributed by atoms with Crippen molar-refractivity contribution < 1.29 is 18.0 Å². The van der Waals surface area contributed by atoms with Gasteiger partial charge >= 0.3 is 6.18 Å². The molecule has 2 heterocycles. The lowest BCUT2D eigenvalue weighted by Gasteiger charge is -2.32. The molecule has 0 spiro atoms. The summed E-state index contributed by atoms with van der Waals surface area (Å²) in [4.78, 5) is 20.5. The van der Waals surface area contributed by atoms with Crippen LogP contribution in [0.5, 0.6) is 0 Å². The van der Waals surface area contributed by atoms with Crippen molar-refractivity contribution in [2.45, 2.75) is 31.9 Å². The van der Waals surface area contributed by atoms with Crippen molar-refractivity contribution in [1.82, 2.24) is 20.4 Å². The molecular formula is C20H33F3IN5OS. The zero-order valence-corrected chi connectivity index (χ0v) is 21.2. The van der Waals surface area contributed by atoms with Crippen LogP contribution >= 0.6 is 35.3 Å². The van der Waals surface area contributed by atoms with Gasteiger partial charge in [-0.3, -0.25) is 9.69 Å². The number of likely N-dealkylation sites (N-methyl/N-ethyl adjacent to an activating group) is 1. The molecule has 6 nitrogen and oxygen atoms in total. The van der Waals surface area contributed by atoms with E-state index >= 15 is 0 Å². The number of hydrogen-bond acceptors (Lipinski definition) is 4. The highest BCUT2D eigenvalue weighted by molar-refractivity contribution is 14.0. The molecule has 0 aromatic carbocycles. The van der Waals surface area contributed by atoms with Crippen molar-refractivity contribution in [3.8, 4) is 0 Å². The number of thiophene rings is 1. The van der Waals surface area contributed by atoms with Crippen molar-refractivity contribution in [2.24, 2.45) is 10.9 Å². The number of halogens is 4. The van der Waals surface area contributed by atoms with Crippen LogP contribution in [0, 0.1) is 5.92 Å². The molecule has 178 valence electrons. The highest BCUT2D eigenvalue weighted by Crippen LogP contribution is 2.23. The molecule has 1 aromatic heterocycles.